The van der Waals surface area contributed by atoms with Crippen molar-refractivity contribution in [2.24, 2.45) is 14.1 Å². The average molecular weight is 502 g/mol. The number of nitro benzene ring substituents is 1. The van der Waals surface area contributed by atoms with Crippen LogP contribution in [0.4, 0.5) is 16.2 Å². The van der Waals surface area contributed by atoms with E-state index in [1.54, 1.807) is 24.3 Å². The lowest BCUT2D eigenvalue weighted by atomic mass is 10.1. The minimum Gasteiger partial charge on any atom is -0.325 e. The lowest BCUT2D eigenvalue weighted by molar-refractivity contribution is -0.385. The number of nitrogens with one attached hydrogen (secondary N) is 1. The molecule has 1 aliphatic rings. The Balaban J connectivity index is 1.62. The number of anilines is 1. The Morgan fingerprint density at radius 3 is 2.35 bits per heavy atom. The molecule has 1 N–H and O–H groups in total. The van der Waals surface area contributed by atoms with Gasteiger partial charge in [0.1, 0.15) is 6.54 Å². The van der Waals surface area contributed by atoms with Crippen LogP contribution in [-0.2, 0) is 23.7 Å². The molecule has 0 spiro atoms. The van der Waals surface area contributed by atoms with Gasteiger partial charge < -0.3 is 5.32 Å². The molecule has 0 saturated carbocycles. The molecular weight excluding hydrogens is 486 g/mol. The number of aromatic nitrogens is 2. The van der Waals surface area contributed by atoms with E-state index in [0.717, 1.165) is 4.90 Å². The zero-order valence-corrected chi connectivity index (χ0v) is 19.3. The van der Waals surface area contributed by atoms with Gasteiger partial charge in [-0.2, -0.15) is 0 Å². The van der Waals surface area contributed by atoms with Crippen molar-refractivity contribution in [1.82, 2.24) is 14.0 Å². The van der Waals surface area contributed by atoms with Crippen LogP contribution in [0.1, 0.15) is 5.56 Å². The molecule has 174 valence electrons. The quantitative estimate of drug-likeness (QED) is 0.322. The van der Waals surface area contributed by atoms with Crippen molar-refractivity contribution < 1.29 is 19.3 Å². The summed E-state index contributed by atoms with van der Waals surface area (Å²) >= 11 is 6.38. The van der Waals surface area contributed by atoms with E-state index < -0.39 is 28.5 Å². The van der Waals surface area contributed by atoms with Crippen LogP contribution < -0.4 is 11.0 Å². The number of hydrogen-bond acceptors (Lipinski definition) is 7. The number of benzene rings is 2. The Kier molecular flexibility index (Phi) is 6.02. The normalized spacial score (nSPS) is 14.9. The number of halogens is 1. The van der Waals surface area contributed by atoms with Crippen molar-refractivity contribution in [3.63, 3.8) is 0 Å². The summed E-state index contributed by atoms with van der Waals surface area (Å²) in [6.07, 6.45) is 1.22. The highest BCUT2D eigenvalue weighted by molar-refractivity contribution is 8.18. The molecule has 0 atom stereocenters. The fraction of sp³-hybridized carbons (Fsp3) is 0.143. The Hall–Kier alpha value is -3.90. The fourth-order valence-electron chi connectivity index (χ4n) is 3.48. The summed E-state index contributed by atoms with van der Waals surface area (Å²) in [4.78, 5) is 61.4. The van der Waals surface area contributed by atoms with E-state index in [-0.39, 0.29) is 21.8 Å². The average Bonchev–Trinajstić information content (AvgIpc) is 3.17. The van der Waals surface area contributed by atoms with Crippen molar-refractivity contribution in [3.8, 4) is 0 Å². The third-order valence-electron chi connectivity index (χ3n) is 5.21. The zero-order valence-electron chi connectivity index (χ0n) is 17.8. The Morgan fingerprint density at radius 1 is 1.12 bits per heavy atom. The van der Waals surface area contributed by atoms with Gasteiger partial charge in [-0.3, -0.25) is 38.5 Å². The number of imide groups is 1. The Labute approximate surface area is 200 Å². The molecule has 2 heterocycles. The summed E-state index contributed by atoms with van der Waals surface area (Å²) in [7, 11) is 3.02. The van der Waals surface area contributed by atoms with Crippen molar-refractivity contribution >= 4 is 68.9 Å². The van der Waals surface area contributed by atoms with Crippen molar-refractivity contribution in [3.05, 3.63) is 72.5 Å². The van der Waals surface area contributed by atoms with Crippen molar-refractivity contribution in [2.45, 2.75) is 0 Å². The van der Waals surface area contributed by atoms with Crippen molar-refractivity contribution in [1.29, 1.82) is 0 Å². The largest absolute Gasteiger partial charge is 0.328 e. The monoisotopic (exact) mass is 501 g/mol. The van der Waals surface area contributed by atoms with E-state index in [1.807, 2.05) is 0 Å². The number of hydrogen-bond donors (Lipinski definition) is 1. The second-order valence-electron chi connectivity index (χ2n) is 7.38. The lowest BCUT2D eigenvalue weighted by Gasteiger charge is -2.12. The molecule has 11 nitrogen and oxygen atoms in total. The van der Waals surface area contributed by atoms with Crippen LogP contribution >= 0.6 is 23.4 Å². The molecule has 1 saturated heterocycles. The maximum Gasteiger partial charge on any atom is 0.328 e. The SMILES string of the molecule is Cn1c(=O)n(C)c2cc([N+](=O)[O-])c(/C=C3\SC(=O)N(CC(=O)Nc4ccc(Cl)cc4)C3=O)cc21. The topological polar surface area (TPSA) is 137 Å². The number of amides is 3. The van der Waals surface area contributed by atoms with E-state index in [2.05, 4.69) is 5.32 Å². The van der Waals surface area contributed by atoms with Gasteiger partial charge in [-0.25, -0.2) is 4.79 Å². The summed E-state index contributed by atoms with van der Waals surface area (Å²) in [5.41, 5.74) is 0.563. The summed E-state index contributed by atoms with van der Waals surface area (Å²) in [6.45, 7) is -0.529. The third-order valence-corrected chi connectivity index (χ3v) is 6.37. The molecule has 0 unspecified atom stereocenters. The number of rotatable bonds is 5. The molecule has 0 bridgehead atoms. The summed E-state index contributed by atoms with van der Waals surface area (Å²) < 4.78 is 2.60. The molecule has 1 fully saturated rings. The molecule has 0 aliphatic carbocycles. The number of nitro groups is 1. The van der Waals surface area contributed by atoms with Crippen LogP contribution in [-0.4, -0.2) is 42.6 Å². The van der Waals surface area contributed by atoms with E-state index in [4.69, 9.17) is 11.6 Å². The van der Waals surface area contributed by atoms with Gasteiger partial charge in [0.2, 0.25) is 5.91 Å². The van der Waals surface area contributed by atoms with Crippen molar-refractivity contribution in [2.75, 3.05) is 11.9 Å². The highest BCUT2D eigenvalue weighted by Crippen LogP contribution is 2.35. The number of thioether (sulfide) groups is 1. The summed E-state index contributed by atoms with van der Waals surface area (Å²) in [5, 5.41) is 14.0. The van der Waals surface area contributed by atoms with Gasteiger partial charge >= 0.3 is 5.69 Å². The van der Waals surface area contributed by atoms with E-state index in [9.17, 15) is 29.3 Å². The fourth-order valence-corrected chi connectivity index (χ4v) is 4.43. The lowest BCUT2D eigenvalue weighted by Crippen LogP contribution is -2.36. The summed E-state index contributed by atoms with van der Waals surface area (Å²) in [6, 6.07) is 8.95. The van der Waals surface area contributed by atoms with Crippen LogP contribution in [0.5, 0.6) is 0 Å². The molecule has 1 aliphatic heterocycles. The van der Waals surface area contributed by atoms with Gasteiger partial charge in [0.05, 0.1) is 26.4 Å². The second-order valence-corrected chi connectivity index (χ2v) is 8.81. The smallest absolute Gasteiger partial charge is 0.325 e. The first-order chi connectivity index (χ1) is 16.1. The number of aryl methyl sites for hydroxylation is 2. The molecule has 3 aromatic rings. The van der Waals surface area contributed by atoms with Gasteiger partial charge in [0.25, 0.3) is 16.8 Å². The van der Waals surface area contributed by atoms with Gasteiger partial charge in [-0.1, -0.05) is 11.6 Å². The molecule has 2 aromatic carbocycles. The van der Waals surface area contributed by atoms with Crippen LogP contribution in [0.25, 0.3) is 17.1 Å². The molecule has 4 rings (SSSR count). The van der Waals surface area contributed by atoms with Crippen LogP contribution in [0.2, 0.25) is 5.02 Å². The highest BCUT2D eigenvalue weighted by Gasteiger charge is 2.37. The molecule has 3 amide bonds. The molecule has 34 heavy (non-hydrogen) atoms. The van der Waals surface area contributed by atoms with Crippen LogP contribution in [0.15, 0.2) is 46.1 Å². The third kappa shape index (κ3) is 4.20. The molecule has 0 radical (unpaired) electrons. The van der Waals surface area contributed by atoms with E-state index >= 15 is 0 Å². The zero-order chi connectivity index (χ0) is 24.7. The Morgan fingerprint density at radius 2 is 1.74 bits per heavy atom. The van der Waals surface area contributed by atoms with Crippen LogP contribution in [0.3, 0.4) is 0 Å². The Bertz CT molecular complexity index is 1470. The van der Waals surface area contributed by atoms with Gasteiger partial charge in [0.15, 0.2) is 0 Å². The van der Waals surface area contributed by atoms with Gasteiger partial charge in [-0.15, -0.1) is 0 Å². The minimum absolute atomic E-state index is 0.0508. The number of carbonyl (C=O) groups is 3. The minimum atomic E-state index is -0.752. The standard InChI is InChI=1S/C21H16ClN5O6S/c1-24-15-7-11(14(27(32)33)9-16(15)25(2)20(24)30)8-17-19(29)26(21(31)34-17)10-18(28)23-13-5-3-12(22)4-6-13/h3-9H,10H2,1-2H3,(H,23,28)/b17-8-. The predicted molar refractivity (Wildman–Crippen MR) is 128 cm³/mol. The molecule has 13 heteroatoms. The van der Waals surface area contributed by atoms with E-state index in [1.165, 1.54) is 41.4 Å². The second kappa shape index (κ2) is 8.80. The number of nitrogens with zero attached hydrogens (tertiary/aromatic N) is 4. The number of imidazole rings is 1. The molecular formula is C21H16ClN5O6S. The van der Waals surface area contributed by atoms with E-state index in [0.29, 0.717) is 33.5 Å². The number of fused-ring (bicyclic) bond motifs is 1. The highest BCUT2D eigenvalue weighted by atomic mass is 35.5. The maximum atomic E-state index is 12.8. The first-order valence-electron chi connectivity index (χ1n) is 9.71. The first-order valence-corrected chi connectivity index (χ1v) is 10.9. The predicted octanol–water partition coefficient (Wildman–Crippen LogP) is 3.11. The van der Waals surface area contributed by atoms with Gasteiger partial charge in [0, 0.05) is 30.9 Å². The van der Waals surface area contributed by atoms with Gasteiger partial charge in [-0.05, 0) is 48.2 Å². The van der Waals surface area contributed by atoms with Crippen LogP contribution in [0, 0.1) is 10.1 Å². The first kappa shape index (κ1) is 23.3. The summed E-state index contributed by atoms with van der Waals surface area (Å²) in [5.74, 6) is -1.35. The number of carbonyl (C=O) groups excluding carboxylic acids is 3. The maximum absolute atomic E-state index is 12.8. The molecule has 1 aromatic heterocycles.